The van der Waals surface area contributed by atoms with Gasteiger partial charge in [0.1, 0.15) is 5.69 Å². The molecule has 0 atom stereocenters. The van der Waals surface area contributed by atoms with E-state index in [2.05, 4.69) is 20.5 Å². The molecule has 1 N–H and O–H groups in total. The summed E-state index contributed by atoms with van der Waals surface area (Å²) >= 11 is 0. The lowest BCUT2D eigenvalue weighted by atomic mass is 10.2. The van der Waals surface area contributed by atoms with E-state index in [1.54, 1.807) is 43.3 Å². The lowest BCUT2D eigenvalue weighted by molar-refractivity contribution is -0.385. The maximum atomic E-state index is 12.4. The average Bonchev–Trinajstić information content (AvgIpc) is 2.77. The van der Waals surface area contributed by atoms with Crippen LogP contribution in [-0.2, 0) is 0 Å². The summed E-state index contributed by atoms with van der Waals surface area (Å²) in [5, 5.41) is 22.0. The molecule has 0 saturated heterocycles. The van der Waals surface area contributed by atoms with Crippen molar-refractivity contribution < 1.29 is 19.2 Å². The Hall–Kier alpha value is -4.34. The van der Waals surface area contributed by atoms with Crippen molar-refractivity contribution in [2.75, 3.05) is 19.5 Å². The third-order valence-corrected chi connectivity index (χ3v) is 4.28. The standard InChI is InChI=1S/C21H19N5O5/c1-13-10-14(7-8-17(13)26(28)29)24-25-20-18(30-2)11-15(12-19(20)31-3)23-21(27)16-6-4-5-9-22-16/h4-12H,1-3H3,(H,23,27)/b25-24+. The Morgan fingerprint density at radius 1 is 1.06 bits per heavy atom. The number of nitrogens with one attached hydrogen (secondary N) is 1. The van der Waals surface area contributed by atoms with Crippen LogP contribution in [0.15, 0.2) is 65.0 Å². The quantitative estimate of drug-likeness (QED) is 0.325. The maximum Gasteiger partial charge on any atom is 0.274 e. The molecule has 0 spiro atoms. The molecule has 3 aromatic rings. The van der Waals surface area contributed by atoms with Crippen LogP contribution in [0.1, 0.15) is 16.1 Å². The van der Waals surface area contributed by atoms with Crippen LogP contribution in [0.3, 0.4) is 0 Å². The number of carbonyl (C=O) groups excluding carboxylic acids is 1. The van der Waals surface area contributed by atoms with E-state index in [1.807, 2.05) is 0 Å². The van der Waals surface area contributed by atoms with E-state index in [-0.39, 0.29) is 17.3 Å². The van der Waals surface area contributed by atoms with Crippen LogP contribution in [0.2, 0.25) is 0 Å². The van der Waals surface area contributed by atoms with Gasteiger partial charge in [-0.2, -0.15) is 5.11 Å². The summed E-state index contributed by atoms with van der Waals surface area (Å²) in [5.74, 6) is 0.247. The molecule has 3 rings (SSSR count). The Morgan fingerprint density at radius 3 is 2.32 bits per heavy atom. The monoisotopic (exact) mass is 421 g/mol. The van der Waals surface area contributed by atoms with Crippen LogP contribution >= 0.6 is 0 Å². The summed E-state index contributed by atoms with van der Waals surface area (Å²) < 4.78 is 10.8. The first-order valence-electron chi connectivity index (χ1n) is 9.08. The van der Waals surface area contributed by atoms with Crippen molar-refractivity contribution in [2.45, 2.75) is 6.92 Å². The first kappa shape index (κ1) is 21.4. The van der Waals surface area contributed by atoms with Crippen LogP contribution in [0.5, 0.6) is 11.5 Å². The van der Waals surface area contributed by atoms with E-state index in [9.17, 15) is 14.9 Å². The molecule has 1 aromatic heterocycles. The smallest absolute Gasteiger partial charge is 0.274 e. The molecule has 2 aromatic carbocycles. The minimum Gasteiger partial charge on any atom is -0.494 e. The second-order valence-electron chi connectivity index (χ2n) is 6.33. The van der Waals surface area contributed by atoms with Gasteiger partial charge in [0.25, 0.3) is 11.6 Å². The normalized spacial score (nSPS) is 10.7. The first-order chi connectivity index (χ1) is 14.9. The van der Waals surface area contributed by atoms with Gasteiger partial charge in [-0.25, -0.2) is 0 Å². The number of hydrogen-bond acceptors (Lipinski definition) is 8. The third kappa shape index (κ3) is 4.99. The highest BCUT2D eigenvalue weighted by atomic mass is 16.6. The summed E-state index contributed by atoms with van der Waals surface area (Å²) in [5.41, 5.74) is 1.89. The number of azo groups is 1. The van der Waals surface area contributed by atoms with Crippen LogP contribution < -0.4 is 14.8 Å². The van der Waals surface area contributed by atoms with Crippen LogP contribution in [0.25, 0.3) is 0 Å². The third-order valence-electron chi connectivity index (χ3n) is 4.28. The number of pyridine rings is 1. The lowest BCUT2D eigenvalue weighted by Crippen LogP contribution is -2.13. The number of aromatic nitrogens is 1. The SMILES string of the molecule is COc1cc(NC(=O)c2ccccn2)cc(OC)c1/N=N/c1ccc([N+](=O)[O-])c(C)c1. The average molecular weight is 421 g/mol. The molecule has 0 bridgehead atoms. The van der Waals surface area contributed by atoms with Crippen LogP contribution in [-0.4, -0.2) is 30.0 Å². The number of ether oxygens (including phenoxy) is 2. The van der Waals surface area contributed by atoms with Gasteiger partial charge in [-0.05, 0) is 31.2 Å². The summed E-state index contributed by atoms with van der Waals surface area (Å²) in [4.78, 5) is 26.9. The molecule has 0 aliphatic carbocycles. The van der Waals surface area contributed by atoms with Crippen molar-refractivity contribution >= 4 is 28.7 Å². The zero-order valence-corrected chi connectivity index (χ0v) is 17.0. The Kier molecular flexibility index (Phi) is 6.51. The molecule has 10 heteroatoms. The maximum absolute atomic E-state index is 12.4. The molecule has 0 fully saturated rings. The van der Waals surface area contributed by atoms with Crippen molar-refractivity contribution in [1.82, 2.24) is 4.98 Å². The fraction of sp³-hybridized carbons (Fsp3) is 0.143. The molecule has 1 amide bonds. The highest BCUT2D eigenvalue weighted by molar-refractivity contribution is 6.03. The molecular weight excluding hydrogens is 402 g/mol. The zero-order valence-electron chi connectivity index (χ0n) is 17.0. The number of aryl methyl sites for hydroxylation is 1. The summed E-state index contributed by atoms with van der Waals surface area (Å²) in [7, 11) is 2.91. The van der Waals surface area contributed by atoms with Crippen molar-refractivity contribution in [3.63, 3.8) is 0 Å². The second-order valence-corrected chi connectivity index (χ2v) is 6.33. The van der Waals surface area contributed by atoms with Gasteiger partial charge in [-0.1, -0.05) is 6.07 Å². The number of nitro benzene ring substituents is 1. The molecule has 31 heavy (non-hydrogen) atoms. The molecule has 1 heterocycles. The number of carbonyl (C=O) groups is 1. The van der Waals surface area contributed by atoms with E-state index < -0.39 is 4.92 Å². The van der Waals surface area contributed by atoms with Gasteiger partial charge >= 0.3 is 0 Å². The van der Waals surface area contributed by atoms with Gasteiger partial charge in [0.2, 0.25) is 0 Å². The fourth-order valence-corrected chi connectivity index (χ4v) is 2.77. The molecule has 0 aliphatic rings. The Balaban J connectivity index is 1.90. The first-order valence-corrected chi connectivity index (χ1v) is 9.08. The zero-order chi connectivity index (χ0) is 22.4. The number of nitrogens with zero attached hydrogens (tertiary/aromatic N) is 4. The van der Waals surface area contributed by atoms with E-state index in [4.69, 9.17) is 9.47 Å². The largest absolute Gasteiger partial charge is 0.494 e. The Bertz CT molecular complexity index is 1120. The lowest BCUT2D eigenvalue weighted by Gasteiger charge is -2.12. The van der Waals surface area contributed by atoms with Gasteiger partial charge in [0.15, 0.2) is 17.2 Å². The van der Waals surface area contributed by atoms with Gasteiger partial charge in [0.05, 0.1) is 24.8 Å². The highest BCUT2D eigenvalue weighted by Crippen LogP contribution is 2.41. The van der Waals surface area contributed by atoms with E-state index in [0.29, 0.717) is 34.1 Å². The molecular formula is C21H19N5O5. The van der Waals surface area contributed by atoms with E-state index >= 15 is 0 Å². The number of rotatable bonds is 7. The minimum atomic E-state index is -0.458. The van der Waals surface area contributed by atoms with Crippen molar-refractivity contribution in [1.29, 1.82) is 0 Å². The van der Waals surface area contributed by atoms with Crippen molar-refractivity contribution in [2.24, 2.45) is 10.2 Å². The summed E-state index contributed by atoms with van der Waals surface area (Å²) in [6.07, 6.45) is 1.53. The Labute approximate surface area is 177 Å². The molecule has 0 unspecified atom stereocenters. The fourth-order valence-electron chi connectivity index (χ4n) is 2.77. The summed E-state index contributed by atoms with van der Waals surface area (Å²) in [6.45, 7) is 1.62. The molecule has 0 aliphatic heterocycles. The number of amides is 1. The second kappa shape index (κ2) is 9.44. The Morgan fingerprint density at radius 2 is 1.77 bits per heavy atom. The number of methoxy groups -OCH3 is 2. The van der Waals surface area contributed by atoms with Crippen LogP contribution in [0, 0.1) is 17.0 Å². The number of anilines is 1. The predicted molar refractivity (Wildman–Crippen MR) is 114 cm³/mol. The molecule has 10 nitrogen and oxygen atoms in total. The van der Waals surface area contributed by atoms with Crippen molar-refractivity contribution in [3.05, 3.63) is 76.1 Å². The predicted octanol–water partition coefficient (Wildman–Crippen LogP) is 4.98. The molecule has 0 radical (unpaired) electrons. The number of benzene rings is 2. The molecule has 0 saturated carbocycles. The van der Waals surface area contributed by atoms with Gasteiger partial charge < -0.3 is 14.8 Å². The van der Waals surface area contributed by atoms with E-state index in [0.717, 1.165) is 0 Å². The molecule has 158 valence electrons. The van der Waals surface area contributed by atoms with Crippen molar-refractivity contribution in [3.8, 4) is 11.5 Å². The van der Waals surface area contributed by atoms with Gasteiger partial charge in [-0.3, -0.25) is 19.9 Å². The highest BCUT2D eigenvalue weighted by Gasteiger charge is 2.16. The summed E-state index contributed by atoms with van der Waals surface area (Å²) in [6, 6.07) is 12.6. The van der Waals surface area contributed by atoms with Gasteiger partial charge in [-0.15, -0.1) is 5.11 Å². The van der Waals surface area contributed by atoms with Crippen LogP contribution in [0.4, 0.5) is 22.7 Å². The topological polar surface area (TPSA) is 128 Å². The van der Waals surface area contributed by atoms with E-state index in [1.165, 1.54) is 32.5 Å². The number of hydrogen-bond donors (Lipinski definition) is 1. The minimum absolute atomic E-state index is 0.00196. The number of nitro groups is 1. The van der Waals surface area contributed by atoms with Gasteiger partial charge in [0, 0.05) is 35.6 Å².